The highest BCUT2D eigenvalue weighted by molar-refractivity contribution is 5.28. The van der Waals surface area contributed by atoms with Gasteiger partial charge in [0, 0.05) is 19.0 Å². The lowest BCUT2D eigenvalue weighted by atomic mass is 10.2. The Balaban J connectivity index is 3.03. The van der Waals surface area contributed by atoms with Crippen LogP contribution in [-0.2, 0) is 6.42 Å². The number of hydrogen-bond donors (Lipinski definition) is 1. The minimum absolute atomic E-state index is 0.108. The Morgan fingerprint density at radius 3 is 2.85 bits per heavy atom. The summed E-state index contributed by atoms with van der Waals surface area (Å²) in [5.41, 5.74) is 6.84. The summed E-state index contributed by atoms with van der Waals surface area (Å²) in [4.78, 5) is 13.8. The molecule has 5 heteroatoms. The zero-order valence-electron chi connectivity index (χ0n) is 7.36. The van der Waals surface area contributed by atoms with Crippen LogP contribution in [0.4, 0.5) is 5.82 Å². The van der Waals surface area contributed by atoms with E-state index < -0.39 is 4.92 Å². The molecule has 1 aromatic heterocycles. The second-order valence-electron chi connectivity index (χ2n) is 2.79. The summed E-state index contributed by atoms with van der Waals surface area (Å²) in [5, 5.41) is 10.4. The molecule has 0 aliphatic rings. The maximum atomic E-state index is 10.4. The van der Waals surface area contributed by atoms with Gasteiger partial charge in [-0.15, -0.1) is 0 Å². The van der Waals surface area contributed by atoms with Gasteiger partial charge in [-0.2, -0.15) is 0 Å². The van der Waals surface area contributed by atoms with Crippen molar-refractivity contribution in [3.63, 3.8) is 0 Å². The van der Waals surface area contributed by atoms with Crippen LogP contribution in [0.1, 0.15) is 11.3 Å². The quantitative estimate of drug-likeness (QED) is 0.552. The zero-order valence-corrected chi connectivity index (χ0v) is 7.36. The Labute approximate surface area is 75.7 Å². The number of rotatable bonds is 3. The fraction of sp³-hybridized carbons (Fsp3) is 0.375. The first-order valence-corrected chi connectivity index (χ1v) is 3.95. The summed E-state index contributed by atoms with van der Waals surface area (Å²) in [7, 11) is 0. The van der Waals surface area contributed by atoms with Gasteiger partial charge >= 0.3 is 5.82 Å². The molecule has 0 atom stereocenters. The SMILES string of the molecule is Cc1cc(CCN)nc([N+](=O)[O-])c1. The number of nitro groups is 1. The lowest BCUT2D eigenvalue weighted by Gasteiger charge is -1.97. The lowest BCUT2D eigenvalue weighted by molar-refractivity contribution is -0.389. The minimum atomic E-state index is -0.493. The second kappa shape index (κ2) is 3.95. The summed E-state index contributed by atoms with van der Waals surface area (Å²) in [5.74, 6) is -0.108. The van der Waals surface area contributed by atoms with E-state index in [4.69, 9.17) is 5.73 Å². The minimum Gasteiger partial charge on any atom is -0.358 e. The van der Waals surface area contributed by atoms with Crippen LogP contribution >= 0.6 is 0 Å². The highest BCUT2D eigenvalue weighted by atomic mass is 16.6. The smallest absolute Gasteiger partial charge is 0.358 e. The van der Waals surface area contributed by atoms with Crippen molar-refractivity contribution in [3.8, 4) is 0 Å². The summed E-state index contributed by atoms with van der Waals surface area (Å²) >= 11 is 0. The van der Waals surface area contributed by atoms with Crippen molar-refractivity contribution in [1.29, 1.82) is 0 Å². The highest BCUT2D eigenvalue weighted by Gasteiger charge is 2.10. The molecule has 0 unspecified atom stereocenters. The number of aryl methyl sites for hydroxylation is 1. The first kappa shape index (κ1) is 9.60. The molecule has 1 rings (SSSR count). The molecular formula is C8H11N3O2. The van der Waals surface area contributed by atoms with Gasteiger partial charge in [0.15, 0.2) is 5.69 Å². The molecule has 0 amide bonds. The van der Waals surface area contributed by atoms with Crippen molar-refractivity contribution in [1.82, 2.24) is 4.98 Å². The molecule has 0 fully saturated rings. The Morgan fingerprint density at radius 2 is 2.31 bits per heavy atom. The van der Waals surface area contributed by atoms with Gasteiger partial charge in [-0.3, -0.25) is 0 Å². The zero-order chi connectivity index (χ0) is 9.84. The number of nitrogens with zero attached hydrogens (tertiary/aromatic N) is 2. The second-order valence-corrected chi connectivity index (χ2v) is 2.79. The molecule has 0 aliphatic heterocycles. The molecule has 70 valence electrons. The van der Waals surface area contributed by atoms with Crippen LogP contribution in [0, 0.1) is 17.0 Å². The van der Waals surface area contributed by atoms with Crippen LogP contribution in [-0.4, -0.2) is 16.5 Å². The van der Waals surface area contributed by atoms with Crippen molar-refractivity contribution in [2.45, 2.75) is 13.3 Å². The molecule has 13 heavy (non-hydrogen) atoms. The van der Waals surface area contributed by atoms with Crippen molar-refractivity contribution >= 4 is 5.82 Å². The fourth-order valence-corrected chi connectivity index (χ4v) is 1.09. The third kappa shape index (κ3) is 2.48. The summed E-state index contributed by atoms with van der Waals surface area (Å²) in [6.07, 6.45) is 0.572. The predicted molar refractivity (Wildman–Crippen MR) is 48.4 cm³/mol. The van der Waals surface area contributed by atoms with Gasteiger partial charge < -0.3 is 15.8 Å². The lowest BCUT2D eigenvalue weighted by Crippen LogP contribution is -2.06. The van der Waals surface area contributed by atoms with Gasteiger partial charge in [0.2, 0.25) is 0 Å². The molecule has 1 aromatic rings. The Bertz CT molecular complexity index is 325. The summed E-state index contributed by atoms with van der Waals surface area (Å²) < 4.78 is 0. The average Bonchev–Trinajstić information content (AvgIpc) is 2.03. The van der Waals surface area contributed by atoms with E-state index in [2.05, 4.69) is 4.98 Å². The van der Waals surface area contributed by atoms with Crippen molar-refractivity contribution < 1.29 is 4.92 Å². The first-order valence-electron chi connectivity index (χ1n) is 3.95. The van der Waals surface area contributed by atoms with E-state index in [1.165, 1.54) is 6.07 Å². The third-order valence-corrected chi connectivity index (χ3v) is 1.60. The fourth-order valence-electron chi connectivity index (χ4n) is 1.09. The highest BCUT2D eigenvalue weighted by Crippen LogP contribution is 2.11. The number of pyridine rings is 1. The topological polar surface area (TPSA) is 82.0 Å². The van der Waals surface area contributed by atoms with E-state index in [0.29, 0.717) is 18.7 Å². The Hall–Kier alpha value is -1.49. The molecule has 0 bridgehead atoms. The summed E-state index contributed by atoms with van der Waals surface area (Å²) in [6.45, 7) is 2.25. The molecule has 0 spiro atoms. The largest absolute Gasteiger partial charge is 0.363 e. The summed E-state index contributed by atoms with van der Waals surface area (Å²) in [6, 6.07) is 3.25. The first-order chi connectivity index (χ1) is 6.13. The van der Waals surface area contributed by atoms with Crippen LogP contribution in [0.5, 0.6) is 0 Å². The van der Waals surface area contributed by atoms with Crippen LogP contribution in [0.25, 0.3) is 0 Å². The van der Waals surface area contributed by atoms with E-state index in [-0.39, 0.29) is 5.82 Å². The molecule has 1 heterocycles. The van der Waals surface area contributed by atoms with Gasteiger partial charge in [-0.05, 0) is 28.5 Å². The molecule has 0 saturated heterocycles. The molecule has 0 aliphatic carbocycles. The number of hydrogen-bond acceptors (Lipinski definition) is 4. The van der Waals surface area contributed by atoms with E-state index >= 15 is 0 Å². The normalized spacial score (nSPS) is 10.0. The van der Waals surface area contributed by atoms with Crippen LogP contribution in [0.15, 0.2) is 12.1 Å². The Morgan fingerprint density at radius 1 is 1.62 bits per heavy atom. The predicted octanol–water partition coefficient (Wildman–Crippen LogP) is 0.799. The van der Waals surface area contributed by atoms with Gasteiger partial charge in [0.25, 0.3) is 0 Å². The van der Waals surface area contributed by atoms with Crippen molar-refractivity contribution in [3.05, 3.63) is 33.5 Å². The molecule has 5 nitrogen and oxygen atoms in total. The number of nitrogens with two attached hydrogens (primary N) is 1. The average molecular weight is 181 g/mol. The molecule has 0 aromatic carbocycles. The molecular weight excluding hydrogens is 170 g/mol. The van der Waals surface area contributed by atoms with Gasteiger partial charge in [-0.25, -0.2) is 0 Å². The van der Waals surface area contributed by atoms with Crippen LogP contribution in [0.3, 0.4) is 0 Å². The van der Waals surface area contributed by atoms with Crippen molar-refractivity contribution in [2.75, 3.05) is 6.54 Å². The van der Waals surface area contributed by atoms with E-state index in [1.54, 1.807) is 13.0 Å². The maximum Gasteiger partial charge on any atom is 0.363 e. The maximum absolute atomic E-state index is 10.4. The monoisotopic (exact) mass is 181 g/mol. The molecule has 0 saturated carbocycles. The third-order valence-electron chi connectivity index (χ3n) is 1.60. The standard InChI is InChI=1S/C8H11N3O2/c1-6-4-7(2-3-9)10-8(5-6)11(12)13/h4-5H,2-3,9H2,1H3. The van der Waals surface area contributed by atoms with E-state index in [0.717, 1.165) is 5.56 Å². The molecule has 2 N–H and O–H groups in total. The van der Waals surface area contributed by atoms with Crippen LogP contribution < -0.4 is 5.73 Å². The van der Waals surface area contributed by atoms with E-state index in [9.17, 15) is 10.1 Å². The molecule has 0 radical (unpaired) electrons. The van der Waals surface area contributed by atoms with Gasteiger partial charge in [-0.1, -0.05) is 0 Å². The van der Waals surface area contributed by atoms with Crippen molar-refractivity contribution in [2.24, 2.45) is 5.73 Å². The Kier molecular flexibility index (Phi) is 2.92. The van der Waals surface area contributed by atoms with Crippen LogP contribution in [0.2, 0.25) is 0 Å². The number of aromatic nitrogens is 1. The van der Waals surface area contributed by atoms with E-state index in [1.807, 2.05) is 0 Å². The van der Waals surface area contributed by atoms with Gasteiger partial charge in [0.05, 0.1) is 0 Å². The van der Waals surface area contributed by atoms with Gasteiger partial charge in [0.1, 0.15) is 0 Å².